The Morgan fingerprint density at radius 2 is 1.58 bits per heavy atom. The van der Waals surface area contributed by atoms with Crippen LogP contribution in [-0.2, 0) is 28.7 Å². The van der Waals surface area contributed by atoms with E-state index in [1.807, 2.05) is 13.8 Å². The molecule has 230 valence electrons. The minimum Gasteiger partial charge on any atom is -0.378 e. The number of aryl methyl sites for hydroxylation is 2. The number of nitrogens with one attached hydrogen (secondary N) is 1. The summed E-state index contributed by atoms with van der Waals surface area (Å²) in [7, 11) is -0.0891. The van der Waals surface area contributed by atoms with E-state index in [-0.39, 0.29) is 29.0 Å². The second-order valence-corrected chi connectivity index (χ2v) is 12.4. The summed E-state index contributed by atoms with van der Waals surface area (Å²) in [4.78, 5) is 21.6. The lowest BCUT2D eigenvalue weighted by Gasteiger charge is -2.75. The fraction of sp³-hybridized carbons (Fsp3) is 0.406. The summed E-state index contributed by atoms with van der Waals surface area (Å²) in [5.74, 6) is -3.94. The fourth-order valence-corrected chi connectivity index (χ4v) is 6.85. The van der Waals surface area contributed by atoms with Gasteiger partial charge in [-0.2, -0.15) is 0 Å². The highest BCUT2D eigenvalue weighted by Crippen LogP contribution is 2.81. The maximum Gasteiger partial charge on any atom is 0.268 e. The van der Waals surface area contributed by atoms with Gasteiger partial charge in [0, 0.05) is 48.6 Å². The first-order valence-electron chi connectivity index (χ1n) is 14.0. The number of anilines is 1. The molecule has 0 aliphatic heterocycles. The Morgan fingerprint density at radius 1 is 0.953 bits per heavy atom. The zero-order chi connectivity index (χ0) is 31.9. The van der Waals surface area contributed by atoms with Gasteiger partial charge in [0.2, 0.25) is 0 Å². The van der Waals surface area contributed by atoms with Gasteiger partial charge in [-0.15, -0.1) is 0 Å². The third-order valence-electron chi connectivity index (χ3n) is 8.45. The number of aromatic nitrogens is 3. The molecule has 6 nitrogen and oxygen atoms in total. The number of hydrogen-bond donors (Lipinski definition) is 1. The molecule has 0 spiro atoms. The topological polar surface area (TPSA) is 76.9 Å². The molecule has 43 heavy (non-hydrogen) atoms. The zero-order valence-corrected chi connectivity index (χ0v) is 26.1. The van der Waals surface area contributed by atoms with Crippen molar-refractivity contribution in [1.29, 1.82) is 0 Å². The maximum absolute atomic E-state index is 16.0. The predicted octanol–water partition coefficient (Wildman–Crippen LogP) is 6.75. The second kappa shape index (κ2) is 11.8. The van der Waals surface area contributed by atoms with E-state index in [1.54, 1.807) is 13.8 Å². The Kier molecular flexibility index (Phi) is 8.89. The van der Waals surface area contributed by atoms with Crippen LogP contribution in [0.25, 0.3) is 0 Å². The van der Waals surface area contributed by atoms with E-state index in [4.69, 9.17) is 0 Å². The van der Waals surface area contributed by atoms with Crippen LogP contribution in [-0.4, -0.2) is 30.9 Å². The highest BCUT2D eigenvalue weighted by molar-refractivity contribution is 7.84. The third-order valence-corrected chi connectivity index (χ3v) is 9.41. The van der Waals surface area contributed by atoms with Crippen LogP contribution in [0, 0.1) is 25.5 Å². The number of rotatable bonds is 6. The van der Waals surface area contributed by atoms with Crippen LogP contribution in [0.15, 0.2) is 64.5 Å². The van der Waals surface area contributed by atoms with Crippen LogP contribution in [0.2, 0.25) is 0 Å². The number of benzene rings is 1. The summed E-state index contributed by atoms with van der Waals surface area (Å²) in [6.45, 7) is 8.83. The third kappa shape index (κ3) is 5.25. The van der Waals surface area contributed by atoms with Gasteiger partial charge in [0.25, 0.3) is 11.5 Å². The normalized spacial score (nSPS) is 22.5. The summed E-state index contributed by atoms with van der Waals surface area (Å²) in [5.41, 5.74) is -2.27. The summed E-state index contributed by atoms with van der Waals surface area (Å²) in [6, 6.07) is 8.46. The van der Waals surface area contributed by atoms with Crippen LogP contribution >= 0.6 is 0 Å². The van der Waals surface area contributed by atoms with Gasteiger partial charge in [-0.3, -0.25) is 9.00 Å². The lowest BCUT2D eigenvalue weighted by molar-refractivity contribution is -0.328. The van der Waals surface area contributed by atoms with Crippen molar-refractivity contribution in [3.05, 3.63) is 105 Å². The number of nitrogens with zero attached hydrogens (tertiary/aromatic N) is 3. The van der Waals surface area contributed by atoms with E-state index in [0.717, 1.165) is 12.1 Å². The largest absolute Gasteiger partial charge is 0.378 e. The van der Waals surface area contributed by atoms with E-state index in [0.29, 0.717) is 22.6 Å². The summed E-state index contributed by atoms with van der Waals surface area (Å²) < 4.78 is 74.2. The summed E-state index contributed by atoms with van der Waals surface area (Å²) in [6.07, 6.45) is 4.51. The van der Waals surface area contributed by atoms with Crippen molar-refractivity contribution in [3.63, 3.8) is 0 Å². The van der Waals surface area contributed by atoms with E-state index >= 15 is 8.78 Å². The molecule has 3 aliphatic carbocycles. The Morgan fingerprint density at radius 3 is 2.16 bits per heavy atom. The summed E-state index contributed by atoms with van der Waals surface area (Å²) in [5, 5.41) is 3.13. The van der Waals surface area contributed by atoms with Crippen molar-refractivity contribution in [2.75, 3.05) is 11.6 Å². The standard InChI is InChI=1S/C30H30F4N4O2S.C2H6/c1-17-10-23(32)11-20(18(2)37-24-8-7-22(31)12-25(24)41(5)40)6-9-26(38(4)27(17)39)29-15-28(16-29,30(29,33)34)21-13-35-19(3)36-14-21;1-2/h6-14,18,37H,15-16H2,1-5H3;1-2H3/t18-,28?,29?,41?;/m1./s1. The molecule has 1 N–H and O–H groups in total. The molecule has 2 aromatic heterocycles. The number of alkyl halides is 2. The van der Waals surface area contributed by atoms with Crippen LogP contribution in [0.5, 0.6) is 0 Å². The Bertz CT molecular complexity index is 1680. The van der Waals surface area contributed by atoms with Crippen LogP contribution in [0.4, 0.5) is 23.2 Å². The van der Waals surface area contributed by atoms with E-state index in [2.05, 4.69) is 15.3 Å². The molecule has 3 saturated carbocycles. The molecule has 2 bridgehead atoms. The molecular formula is C32H36F4N4O2S. The van der Waals surface area contributed by atoms with Gasteiger partial charge in [-0.1, -0.05) is 19.9 Å². The first-order valence-corrected chi connectivity index (χ1v) is 15.6. The van der Waals surface area contributed by atoms with Crippen molar-refractivity contribution < 1.29 is 21.8 Å². The smallest absolute Gasteiger partial charge is 0.268 e. The van der Waals surface area contributed by atoms with Crippen LogP contribution in [0.3, 0.4) is 0 Å². The molecular weight excluding hydrogens is 580 g/mol. The van der Waals surface area contributed by atoms with Gasteiger partial charge in [0.05, 0.1) is 32.2 Å². The van der Waals surface area contributed by atoms with Crippen LogP contribution < -0.4 is 10.9 Å². The molecule has 0 radical (unpaired) electrons. The van der Waals surface area contributed by atoms with Gasteiger partial charge >= 0.3 is 0 Å². The minimum absolute atomic E-state index is 0.0489. The minimum atomic E-state index is -3.17. The van der Waals surface area contributed by atoms with Crippen molar-refractivity contribution in [2.24, 2.45) is 7.05 Å². The second-order valence-electron chi connectivity index (χ2n) is 11.0. The van der Waals surface area contributed by atoms with E-state index in [9.17, 15) is 17.8 Å². The molecule has 3 aromatic rings. The zero-order valence-electron chi connectivity index (χ0n) is 25.3. The lowest BCUT2D eigenvalue weighted by Crippen LogP contribution is -2.84. The molecule has 11 heteroatoms. The molecule has 1 unspecified atom stereocenters. The van der Waals surface area contributed by atoms with Gasteiger partial charge in [0.1, 0.15) is 17.5 Å². The molecule has 3 fully saturated rings. The predicted molar refractivity (Wildman–Crippen MR) is 160 cm³/mol. The quantitative estimate of drug-likeness (QED) is 0.310. The summed E-state index contributed by atoms with van der Waals surface area (Å²) >= 11 is 0. The van der Waals surface area contributed by atoms with E-state index < -0.39 is 50.8 Å². The Labute approximate surface area is 251 Å². The van der Waals surface area contributed by atoms with Crippen molar-refractivity contribution in [2.45, 2.75) is 75.2 Å². The monoisotopic (exact) mass is 616 g/mol. The first kappa shape index (κ1) is 32.3. The molecule has 0 amide bonds. The van der Waals surface area contributed by atoms with Crippen LogP contribution in [0.1, 0.15) is 67.9 Å². The molecule has 2 atom stereocenters. The van der Waals surface area contributed by atoms with Gasteiger partial charge < -0.3 is 9.88 Å². The number of hydrogen-bond acceptors (Lipinski definition) is 5. The number of halogens is 4. The van der Waals surface area contributed by atoms with Crippen molar-refractivity contribution in [3.8, 4) is 0 Å². The molecule has 2 heterocycles. The van der Waals surface area contributed by atoms with Crippen molar-refractivity contribution >= 4 is 16.5 Å². The Balaban J connectivity index is 0.00000207. The van der Waals surface area contributed by atoms with Gasteiger partial charge in [-0.05, 0) is 75.6 Å². The van der Waals surface area contributed by atoms with Gasteiger partial charge in [-0.25, -0.2) is 27.5 Å². The highest BCUT2D eigenvalue weighted by Gasteiger charge is 2.89. The molecule has 0 saturated heterocycles. The maximum atomic E-state index is 16.0. The lowest BCUT2D eigenvalue weighted by atomic mass is 9.30. The molecule has 1 aromatic carbocycles. The SMILES string of the molecule is CC.Cc1ncc(C23CC(c4ccc([C@@H](C)Nc5ccc(F)cc5S(C)=O)cc(F)cc(C)c(=O)n4C)(C2)C3(F)F)cn1. The average molecular weight is 617 g/mol. The molecule has 6 rings (SSSR count). The average Bonchev–Trinajstić information content (AvgIpc) is 2.94. The Hall–Kier alpha value is -3.60. The first-order chi connectivity index (χ1) is 20.2. The fourth-order valence-electron chi connectivity index (χ4n) is 6.13. The van der Waals surface area contributed by atoms with Gasteiger partial charge in [0.15, 0.2) is 0 Å². The van der Waals surface area contributed by atoms with E-state index in [1.165, 1.54) is 67.5 Å². The highest BCUT2D eigenvalue weighted by atomic mass is 32.2. The van der Waals surface area contributed by atoms with Crippen molar-refractivity contribution in [1.82, 2.24) is 14.5 Å². The molecule has 3 aliphatic rings.